The Bertz CT molecular complexity index is 680. The molecule has 2 aromatic rings. The lowest BCUT2D eigenvalue weighted by molar-refractivity contribution is -0.304. The lowest BCUT2D eigenvalue weighted by Gasteiger charge is -2.17. The number of rotatable bonds is 7. The number of aliphatic carboxylic acids is 1. The molecular formula is C18H16ClO3S-. The predicted octanol–water partition coefficient (Wildman–Crippen LogP) is 3.27. The minimum absolute atomic E-state index is 0.0797. The summed E-state index contributed by atoms with van der Waals surface area (Å²) in [6, 6.07) is 14.3. The molecule has 0 aliphatic heterocycles. The zero-order valence-corrected chi connectivity index (χ0v) is 14.2. The Labute approximate surface area is 144 Å². The Morgan fingerprint density at radius 1 is 1.09 bits per heavy atom. The van der Waals surface area contributed by atoms with Gasteiger partial charge >= 0.3 is 0 Å². The average Bonchev–Trinajstić information content (AvgIpc) is 2.53. The van der Waals surface area contributed by atoms with Crippen LogP contribution in [0.25, 0.3) is 0 Å². The molecule has 0 spiro atoms. The summed E-state index contributed by atoms with van der Waals surface area (Å²) in [5, 5.41) is 11.0. The van der Waals surface area contributed by atoms with E-state index >= 15 is 0 Å². The minimum Gasteiger partial charge on any atom is -0.549 e. The van der Waals surface area contributed by atoms with Crippen molar-refractivity contribution < 1.29 is 14.7 Å². The van der Waals surface area contributed by atoms with E-state index < -0.39 is 11.2 Å². The second kappa shape index (κ2) is 8.18. The van der Waals surface area contributed by atoms with E-state index in [-0.39, 0.29) is 12.2 Å². The van der Waals surface area contributed by atoms with Crippen molar-refractivity contribution in [1.82, 2.24) is 0 Å². The number of aryl methyl sites for hydroxylation is 1. The highest BCUT2D eigenvalue weighted by molar-refractivity contribution is 7.99. The molecule has 0 bridgehead atoms. The van der Waals surface area contributed by atoms with Gasteiger partial charge in [0.05, 0.1) is 11.2 Å². The lowest BCUT2D eigenvalue weighted by atomic mass is 10.1. The molecule has 1 atom stereocenters. The maximum Gasteiger partial charge on any atom is 0.164 e. The van der Waals surface area contributed by atoms with Crippen molar-refractivity contribution in [3.8, 4) is 0 Å². The van der Waals surface area contributed by atoms with Gasteiger partial charge in [0.1, 0.15) is 0 Å². The van der Waals surface area contributed by atoms with Crippen molar-refractivity contribution >= 4 is 35.1 Å². The zero-order chi connectivity index (χ0) is 16.8. The number of carbonyl (C=O) groups is 2. The van der Waals surface area contributed by atoms with Gasteiger partial charge in [0.15, 0.2) is 5.78 Å². The monoisotopic (exact) mass is 347 g/mol. The molecule has 0 radical (unpaired) electrons. The molecule has 0 aromatic heterocycles. The first-order valence-electron chi connectivity index (χ1n) is 7.12. The molecule has 0 saturated carbocycles. The summed E-state index contributed by atoms with van der Waals surface area (Å²) in [4.78, 5) is 23.5. The fourth-order valence-electron chi connectivity index (χ4n) is 2.01. The molecule has 2 rings (SSSR count). The van der Waals surface area contributed by atoms with Crippen molar-refractivity contribution in [3.63, 3.8) is 0 Å². The molecule has 0 heterocycles. The van der Waals surface area contributed by atoms with Gasteiger partial charge in [-0.1, -0.05) is 53.6 Å². The van der Waals surface area contributed by atoms with Crippen LogP contribution in [0, 0.1) is 6.92 Å². The topological polar surface area (TPSA) is 57.2 Å². The van der Waals surface area contributed by atoms with E-state index in [0.717, 1.165) is 11.1 Å². The van der Waals surface area contributed by atoms with Crippen LogP contribution in [0.4, 0.5) is 0 Å². The smallest absolute Gasteiger partial charge is 0.164 e. The van der Waals surface area contributed by atoms with Crippen LogP contribution in [0.5, 0.6) is 0 Å². The number of hydrogen-bond acceptors (Lipinski definition) is 4. The molecule has 0 aliphatic rings. The molecule has 0 saturated heterocycles. The zero-order valence-electron chi connectivity index (χ0n) is 12.6. The second-order valence-electron chi connectivity index (χ2n) is 5.24. The predicted molar refractivity (Wildman–Crippen MR) is 91.7 cm³/mol. The SMILES string of the molecule is Cc1ccc(C(=O)C[C@@H](SCc2ccc(Cl)cc2)C(=O)[O-])cc1. The molecule has 0 aliphatic carbocycles. The summed E-state index contributed by atoms with van der Waals surface area (Å²) < 4.78 is 0. The van der Waals surface area contributed by atoms with Gasteiger partial charge in [0.25, 0.3) is 0 Å². The standard InChI is InChI=1S/C18H17ClO3S/c1-12-2-6-14(7-3-12)16(20)10-17(18(21)22)23-11-13-4-8-15(19)9-5-13/h2-9,17H,10-11H2,1H3,(H,21,22)/p-1/t17-/m1/s1. The van der Waals surface area contributed by atoms with Gasteiger partial charge in [-0.3, -0.25) is 4.79 Å². The number of thioether (sulfide) groups is 1. The highest BCUT2D eigenvalue weighted by atomic mass is 35.5. The fraction of sp³-hybridized carbons (Fsp3) is 0.222. The number of Topliss-reactive ketones (excluding diaryl/α,β-unsaturated/α-hetero) is 1. The van der Waals surface area contributed by atoms with E-state index in [1.165, 1.54) is 11.8 Å². The van der Waals surface area contributed by atoms with E-state index in [4.69, 9.17) is 11.6 Å². The molecule has 23 heavy (non-hydrogen) atoms. The number of carboxylic acids is 1. The van der Waals surface area contributed by atoms with Crippen molar-refractivity contribution in [1.29, 1.82) is 0 Å². The summed E-state index contributed by atoms with van der Waals surface area (Å²) in [7, 11) is 0. The summed E-state index contributed by atoms with van der Waals surface area (Å²) in [6.45, 7) is 1.93. The highest BCUT2D eigenvalue weighted by Gasteiger charge is 2.17. The lowest BCUT2D eigenvalue weighted by Crippen LogP contribution is -2.35. The molecule has 0 N–H and O–H groups in total. The van der Waals surface area contributed by atoms with Gasteiger partial charge < -0.3 is 9.90 Å². The Kier molecular flexibility index (Phi) is 6.25. The molecule has 0 fully saturated rings. The van der Waals surface area contributed by atoms with Gasteiger partial charge in [-0.15, -0.1) is 11.8 Å². The Hall–Kier alpha value is -1.78. The second-order valence-corrected chi connectivity index (χ2v) is 6.87. The first kappa shape index (κ1) is 17.6. The van der Waals surface area contributed by atoms with Crippen molar-refractivity contribution in [2.75, 3.05) is 0 Å². The van der Waals surface area contributed by atoms with Crippen LogP contribution in [0.3, 0.4) is 0 Å². The van der Waals surface area contributed by atoms with Crippen LogP contribution in [-0.2, 0) is 10.5 Å². The third-order valence-electron chi connectivity index (χ3n) is 3.37. The molecule has 3 nitrogen and oxygen atoms in total. The first-order chi connectivity index (χ1) is 11.0. The van der Waals surface area contributed by atoms with Crippen molar-refractivity contribution in [2.45, 2.75) is 24.3 Å². The maximum absolute atomic E-state index is 12.2. The number of halogens is 1. The largest absolute Gasteiger partial charge is 0.549 e. The molecule has 0 unspecified atom stereocenters. The number of hydrogen-bond donors (Lipinski definition) is 0. The Morgan fingerprint density at radius 2 is 1.70 bits per heavy atom. The summed E-state index contributed by atoms with van der Waals surface area (Å²) in [5.74, 6) is -0.927. The third kappa shape index (κ3) is 5.41. The van der Waals surface area contributed by atoms with Crippen LogP contribution in [0.15, 0.2) is 48.5 Å². The summed E-state index contributed by atoms with van der Waals surface area (Å²) in [6.07, 6.45) is -0.0797. The van der Waals surface area contributed by atoms with Crippen LogP contribution >= 0.6 is 23.4 Å². The summed E-state index contributed by atoms with van der Waals surface area (Å²) >= 11 is 7.01. The highest BCUT2D eigenvalue weighted by Crippen LogP contribution is 2.23. The molecule has 5 heteroatoms. The first-order valence-corrected chi connectivity index (χ1v) is 8.55. The number of benzene rings is 2. The quantitative estimate of drug-likeness (QED) is 0.721. The van der Waals surface area contributed by atoms with Crippen LogP contribution in [-0.4, -0.2) is 17.0 Å². The van der Waals surface area contributed by atoms with Crippen molar-refractivity contribution in [2.24, 2.45) is 0 Å². The average molecular weight is 348 g/mol. The number of ketones is 1. The minimum atomic E-state index is -1.22. The molecular weight excluding hydrogens is 332 g/mol. The Morgan fingerprint density at radius 3 is 2.26 bits per heavy atom. The van der Waals surface area contributed by atoms with E-state index in [2.05, 4.69) is 0 Å². The van der Waals surface area contributed by atoms with E-state index in [1.807, 2.05) is 31.2 Å². The third-order valence-corrected chi connectivity index (χ3v) is 4.89. The van der Waals surface area contributed by atoms with Gasteiger partial charge in [-0.2, -0.15) is 0 Å². The normalized spacial score (nSPS) is 11.9. The van der Waals surface area contributed by atoms with Crippen LogP contribution < -0.4 is 5.11 Å². The van der Waals surface area contributed by atoms with Gasteiger partial charge in [0, 0.05) is 22.8 Å². The van der Waals surface area contributed by atoms with E-state index in [1.54, 1.807) is 24.3 Å². The maximum atomic E-state index is 12.2. The van der Waals surface area contributed by atoms with Gasteiger partial charge in [-0.25, -0.2) is 0 Å². The van der Waals surface area contributed by atoms with Crippen LogP contribution in [0.2, 0.25) is 5.02 Å². The summed E-state index contributed by atoms with van der Waals surface area (Å²) in [5.41, 5.74) is 2.53. The Balaban J connectivity index is 1.98. The number of carbonyl (C=O) groups excluding carboxylic acids is 2. The molecule has 0 amide bonds. The van der Waals surface area contributed by atoms with Gasteiger partial charge in [0.2, 0.25) is 0 Å². The fourth-order valence-corrected chi connectivity index (χ4v) is 3.13. The van der Waals surface area contributed by atoms with E-state index in [0.29, 0.717) is 16.3 Å². The number of carboxylic acid groups (broad SMARTS) is 1. The van der Waals surface area contributed by atoms with Crippen molar-refractivity contribution in [3.05, 3.63) is 70.2 Å². The van der Waals surface area contributed by atoms with E-state index in [9.17, 15) is 14.7 Å². The van der Waals surface area contributed by atoms with Crippen LogP contribution in [0.1, 0.15) is 27.9 Å². The van der Waals surface area contributed by atoms with Gasteiger partial charge in [-0.05, 0) is 24.6 Å². The molecule has 120 valence electrons. The molecule has 2 aromatic carbocycles.